The number of nitrogens with zero attached hydrogens (tertiary/aromatic N) is 2. The van der Waals surface area contributed by atoms with Gasteiger partial charge in [0.15, 0.2) is 5.82 Å². The second-order valence-electron chi connectivity index (χ2n) is 14.5. The Kier molecular flexibility index (Phi) is 7.31. The maximum Gasteiger partial charge on any atom is 0.160 e. The van der Waals surface area contributed by atoms with Gasteiger partial charge in [-0.2, -0.15) is 0 Å². The van der Waals surface area contributed by atoms with Crippen molar-refractivity contribution in [1.82, 2.24) is 9.97 Å². The molecule has 10 rings (SSSR count). The summed E-state index contributed by atoms with van der Waals surface area (Å²) in [6, 6.07) is 65.7. The van der Waals surface area contributed by atoms with Gasteiger partial charge in [0.2, 0.25) is 0 Å². The predicted octanol–water partition coefficient (Wildman–Crippen LogP) is 11.9. The number of rotatable bonds is 5. The Morgan fingerprint density at radius 3 is 1.42 bits per heavy atom. The molecule has 0 amide bonds. The largest absolute Gasteiger partial charge is 0.228 e. The van der Waals surface area contributed by atoms with Gasteiger partial charge >= 0.3 is 0 Å². The van der Waals surface area contributed by atoms with Crippen molar-refractivity contribution in [2.45, 2.75) is 13.1 Å². The molecule has 0 radical (unpaired) electrons. The highest BCUT2D eigenvalue weighted by molar-refractivity contribution is 7.04. The van der Waals surface area contributed by atoms with Gasteiger partial charge in [-0.15, -0.1) is 0 Å². The highest BCUT2D eigenvalue weighted by Crippen LogP contribution is 2.44. The third-order valence-corrected chi connectivity index (χ3v) is 14.5. The van der Waals surface area contributed by atoms with Crippen LogP contribution in [0.15, 0.2) is 182 Å². The van der Waals surface area contributed by atoms with E-state index in [1.54, 1.807) is 0 Å². The SMILES string of the molecule is C[Si]1(C)c2ccccc2-c2nc(-c3cccc(-c4cccc(-c5c6ccccc6c(-c6ccccc6)c6ccccc56)c4)c3)nc(-c3ccccc3)c21. The second kappa shape index (κ2) is 12.4. The van der Waals surface area contributed by atoms with Crippen LogP contribution in [0.4, 0.5) is 0 Å². The van der Waals surface area contributed by atoms with Crippen molar-refractivity contribution in [2.24, 2.45) is 0 Å². The summed E-state index contributed by atoms with van der Waals surface area (Å²) in [4.78, 5) is 10.8. The van der Waals surface area contributed by atoms with Crippen molar-refractivity contribution in [3.05, 3.63) is 182 Å². The summed E-state index contributed by atoms with van der Waals surface area (Å²) in [5.41, 5.74) is 12.8. The molecule has 8 aromatic carbocycles. The third kappa shape index (κ3) is 5.08. The van der Waals surface area contributed by atoms with Gasteiger partial charge in [0.1, 0.15) is 8.07 Å². The average molecular weight is 693 g/mol. The monoisotopic (exact) mass is 692 g/mol. The van der Waals surface area contributed by atoms with E-state index in [1.807, 2.05) is 0 Å². The molecule has 0 saturated heterocycles. The van der Waals surface area contributed by atoms with Crippen LogP contribution in [-0.4, -0.2) is 18.0 Å². The summed E-state index contributed by atoms with van der Waals surface area (Å²) < 4.78 is 0. The van der Waals surface area contributed by atoms with Crippen molar-refractivity contribution < 1.29 is 0 Å². The Labute approximate surface area is 311 Å². The number of fused-ring (bicyclic) bond motifs is 5. The van der Waals surface area contributed by atoms with Gasteiger partial charge in [-0.05, 0) is 83.0 Å². The molecule has 9 aromatic rings. The van der Waals surface area contributed by atoms with Crippen LogP contribution in [-0.2, 0) is 0 Å². The van der Waals surface area contributed by atoms with Crippen LogP contribution in [0.2, 0.25) is 13.1 Å². The molecule has 0 unspecified atom stereocenters. The number of benzene rings is 8. The minimum absolute atomic E-state index is 0.760. The van der Waals surface area contributed by atoms with E-state index in [0.29, 0.717) is 0 Å². The molecule has 0 spiro atoms. The summed E-state index contributed by atoms with van der Waals surface area (Å²) in [7, 11) is -2.02. The van der Waals surface area contributed by atoms with Crippen molar-refractivity contribution in [1.29, 1.82) is 0 Å². The molecular formula is C50H36N2Si. The van der Waals surface area contributed by atoms with E-state index in [-0.39, 0.29) is 0 Å². The van der Waals surface area contributed by atoms with Crippen molar-refractivity contribution in [2.75, 3.05) is 0 Å². The Balaban J connectivity index is 1.13. The van der Waals surface area contributed by atoms with Gasteiger partial charge in [0, 0.05) is 11.1 Å². The second-order valence-corrected chi connectivity index (χ2v) is 18.8. The number of hydrogen-bond donors (Lipinski definition) is 0. The Hall–Kier alpha value is -6.42. The summed E-state index contributed by atoms with van der Waals surface area (Å²) >= 11 is 0. The van der Waals surface area contributed by atoms with E-state index in [0.717, 1.165) is 39.5 Å². The van der Waals surface area contributed by atoms with Crippen molar-refractivity contribution >= 4 is 40.0 Å². The minimum Gasteiger partial charge on any atom is -0.228 e. The number of aromatic nitrogens is 2. The predicted molar refractivity (Wildman–Crippen MR) is 226 cm³/mol. The maximum atomic E-state index is 5.39. The smallest absolute Gasteiger partial charge is 0.160 e. The van der Waals surface area contributed by atoms with Gasteiger partial charge in [-0.25, -0.2) is 9.97 Å². The lowest BCUT2D eigenvalue weighted by atomic mass is 9.85. The summed E-state index contributed by atoms with van der Waals surface area (Å²) in [6.45, 7) is 4.87. The van der Waals surface area contributed by atoms with Crippen LogP contribution in [0.25, 0.3) is 88.8 Å². The highest BCUT2D eigenvalue weighted by atomic mass is 28.3. The maximum absolute atomic E-state index is 5.39. The normalized spacial score (nSPS) is 12.9. The lowest BCUT2D eigenvalue weighted by Gasteiger charge is -2.21. The summed E-state index contributed by atoms with van der Waals surface area (Å²) in [5.74, 6) is 0.760. The third-order valence-electron chi connectivity index (χ3n) is 11.0. The average Bonchev–Trinajstić information content (AvgIpc) is 3.46. The molecule has 1 aromatic heterocycles. The molecule has 1 aliphatic rings. The van der Waals surface area contributed by atoms with Crippen LogP contribution >= 0.6 is 0 Å². The van der Waals surface area contributed by atoms with E-state index in [1.165, 1.54) is 59.7 Å². The van der Waals surface area contributed by atoms with E-state index >= 15 is 0 Å². The van der Waals surface area contributed by atoms with Gasteiger partial charge in [0.25, 0.3) is 0 Å². The van der Waals surface area contributed by atoms with Crippen LogP contribution in [0.5, 0.6) is 0 Å². The van der Waals surface area contributed by atoms with Crippen LogP contribution in [0.3, 0.4) is 0 Å². The summed E-state index contributed by atoms with van der Waals surface area (Å²) in [5, 5.41) is 7.79. The van der Waals surface area contributed by atoms with Gasteiger partial charge in [-0.3, -0.25) is 0 Å². The molecule has 0 N–H and O–H groups in total. The fourth-order valence-electron chi connectivity index (χ4n) is 8.60. The zero-order chi connectivity index (χ0) is 35.5. The Morgan fingerprint density at radius 2 is 0.792 bits per heavy atom. The fraction of sp³-hybridized carbons (Fsp3) is 0.0400. The molecule has 0 aliphatic carbocycles. The molecule has 53 heavy (non-hydrogen) atoms. The first-order valence-corrected chi connectivity index (χ1v) is 21.3. The first-order chi connectivity index (χ1) is 26.1. The zero-order valence-corrected chi connectivity index (χ0v) is 30.7. The minimum atomic E-state index is -2.02. The molecule has 2 nitrogen and oxygen atoms in total. The van der Waals surface area contributed by atoms with Crippen LogP contribution in [0.1, 0.15) is 0 Å². The van der Waals surface area contributed by atoms with Crippen molar-refractivity contribution in [3.8, 4) is 67.3 Å². The molecule has 250 valence electrons. The molecule has 0 saturated carbocycles. The first kappa shape index (κ1) is 31.3. The molecular weight excluding hydrogens is 657 g/mol. The van der Waals surface area contributed by atoms with Crippen molar-refractivity contribution in [3.63, 3.8) is 0 Å². The Morgan fingerprint density at radius 1 is 0.358 bits per heavy atom. The standard InChI is InChI=1S/C50H36N2Si/c1-53(2)44-30-14-13-29-43(44)48-49(53)47(34-19-7-4-8-20-34)51-50(52-48)38-24-16-22-36(32-38)35-21-15-23-37(31-35)46-41-27-11-9-25-39(41)45(33-17-5-3-6-18-33)40-26-10-12-28-42(40)46/h3-32H,1-2H3. The molecule has 3 heteroatoms. The van der Waals surface area contributed by atoms with E-state index in [4.69, 9.17) is 9.97 Å². The lowest BCUT2D eigenvalue weighted by Crippen LogP contribution is -2.50. The van der Waals surface area contributed by atoms with Gasteiger partial charge in [-0.1, -0.05) is 183 Å². The van der Waals surface area contributed by atoms with E-state index in [9.17, 15) is 0 Å². The zero-order valence-electron chi connectivity index (χ0n) is 29.7. The highest BCUT2D eigenvalue weighted by Gasteiger charge is 2.41. The molecule has 0 atom stereocenters. The quantitative estimate of drug-likeness (QED) is 0.133. The van der Waals surface area contributed by atoms with Gasteiger partial charge in [0.05, 0.1) is 11.4 Å². The number of hydrogen-bond acceptors (Lipinski definition) is 2. The van der Waals surface area contributed by atoms with E-state index < -0.39 is 8.07 Å². The van der Waals surface area contributed by atoms with Crippen LogP contribution < -0.4 is 10.4 Å². The van der Waals surface area contributed by atoms with Crippen LogP contribution in [0, 0.1) is 0 Å². The summed E-state index contributed by atoms with van der Waals surface area (Å²) in [6.07, 6.45) is 0. The van der Waals surface area contributed by atoms with E-state index in [2.05, 4.69) is 195 Å². The Bertz CT molecular complexity index is 2800. The lowest BCUT2D eigenvalue weighted by molar-refractivity contribution is 1.20. The van der Waals surface area contributed by atoms with Gasteiger partial charge < -0.3 is 0 Å². The first-order valence-electron chi connectivity index (χ1n) is 18.3. The molecule has 0 bridgehead atoms. The fourth-order valence-corrected chi connectivity index (χ4v) is 11.8. The molecule has 2 heterocycles. The topological polar surface area (TPSA) is 25.8 Å². The molecule has 0 fully saturated rings. The molecule has 1 aliphatic heterocycles.